The fourth-order valence-electron chi connectivity index (χ4n) is 3.47. The molecule has 158 valence electrons. The van der Waals surface area contributed by atoms with Crippen LogP contribution in [-0.4, -0.2) is 20.4 Å². The summed E-state index contributed by atoms with van der Waals surface area (Å²) in [6, 6.07) is 14.3. The number of nitrogens with zero attached hydrogens (tertiary/aromatic N) is 3. The smallest absolute Gasteiger partial charge is 0.243 e. The van der Waals surface area contributed by atoms with Gasteiger partial charge in [-0.1, -0.05) is 59.1 Å². The number of aromatic nitrogens is 3. The Hall–Kier alpha value is -2.60. The predicted octanol–water partition coefficient (Wildman–Crippen LogP) is 5.86. The van der Waals surface area contributed by atoms with Crippen molar-refractivity contribution in [2.45, 2.75) is 25.9 Å². The minimum absolute atomic E-state index is 0.144. The van der Waals surface area contributed by atoms with E-state index >= 15 is 0 Å². The van der Waals surface area contributed by atoms with Crippen LogP contribution in [0.3, 0.4) is 0 Å². The molecule has 0 spiro atoms. The quantitative estimate of drug-likeness (QED) is 0.381. The molecule has 0 fully saturated rings. The van der Waals surface area contributed by atoms with Gasteiger partial charge in [0, 0.05) is 30.4 Å². The number of hydrogen-bond donors (Lipinski definition) is 1. The predicted molar refractivity (Wildman–Crippen MR) is 125 cm³/mol. The topological polar surface area (TPSA) is 59.8 Å². The molecule has 2 heterocycles. The molecule has 0 aliphatic carbocycles. The second kappa shape index (κ2) is 9.27. The summed E-state index contributed by atoms with van der Waals surface area (Å²) in [6.45, 7) is 2.22. The zero-order chi connectivity index (χ0) is 22.0. The number of carbonyl (C=O) groups excluding carboxylic acids is 1. The van der Waals surface area contributed by atoms with Crippen LogP contribution in [0.15, 0.2) is 60.9 Å². The third kappa shape index (κ3) is 4.69. The van der Waals surface area contributed by atoms with E-state index in [1.165, 1.54) is 0 Å². The Morgan fingerprint density at radius 2 is 1.84 bits per heavy atom. The Labute approximate surface area is 195 Å². The first kappa shape index (κ1) is 21.6. The molecule has 1 N–H and O–H groups in total. The highest BCUT2D eigenvalue weighted by Crippen LogP contribution is 2.31. The van der Waals surface area contributed by atoms with Crippen molar-refractivity contribution in [1.82, 2.24) is 19.9 Å². The average Bonchev–Trinajstić information content (AvgIpc) is 3.10. The summed E-state index contributed by atoms with van der Waals surface area (Å²) >= 11 is 18.9. The molecule has 1 atom stereocenters. The summed E-state index contributed by atoms with van der Waals surface area (Å²) in [7, 11) is 0. The number of imidazole rings is 1. The Kier molecular flexibility index (Phi) is 6.46. The lowest BCUT2D eigenvalue weighted by atomic mass is 10.1. The lowest BCUT2D eigenvalue weighted by Crippen LogP contribution is -2.31. The van der Waals surface area contributed by atoms with Crippen molar-refractivity contribution in [2.24, 2.45) is 0 Å². The average molecular weight is 474 g/mol. The number of carbonyl (C=O) groups is 1. The summed E-state index contributed by atoms with van der Waals surface area (Å²) in [5, 5.41) is 4.43. The number of fused-ring (bicyclic) bond motifs is 1. The highest BCUT2D eigenvalue weighted by Gasteiger charge is 2.23. The highest BCUT2D eigenvalue weighted by molar-refractivity contribution is 6.42. The van der Waals surface area contributed by atoms with Crippen LogP contribution in [0.1, 0.15) is 29.9 Å². The molecule has 0 bridgehead atoms. The van der Waals surface area contributed by atoms with Crippen LogP contribution in [-0.2, 0) is 17.8 Å². The van der Waals surface area contributed by atoms with Crippen LogP contribution in [0.25, 0.3) is 11.0 Å². The Morgan fingerprint density at radius 1 is 1.06 bits per heavy atom. The van der Waals surface area contributed by atoms with Crippen molar-refractivity contribution in [3.63, 3.8) is 0 Å². The summed E-state index contributed by atoms with van der Waals surface area (Å²) < 4.78 is 1.89. The summed E-state index contributed by atoms with van der Waals surface area (Å²) in [5.74, 6) is 0.556. The van der Waals surface area contributed by atoms with Gasteiger partial charge in [0.2, 0.25) is 5.91 Å². The number of amides is 1. The molecule has 4 aromatic rings. The highest BCUT2D eigenvalue weighted by atomic mass is 35.5. The molecule has 0 aliphatic rings. The maximum Gasteiger partial charge on any atom is 0.243 e. The molecule has 31 heavy (non-hydrogen) atoms. The molecule has 1 amide bonds. The van der Waals surface area contributed by atoms with Gasteiger partial charge in [-0.2, -0.15) is 0 Å². The van der Waals surface area contributed by atoms with E-state index in [0.29, 0.717) is 39.4 Å². The van der Waals surface area contributed by atoms with Crippen molar-refractivity contribution in [1.29, 1.82) is 0 Å². The second-order valence-corrected chi connectivity index (χ2v) is 8.40. The van der Waals surface area contributed by atoms with E-state index in [9.17, 15) is 4.79 Å². The Balaban J connectivity index is 1.70. The molecule has 2 aromatic carbocycles. The van der Waals surface area contributed by atoms with E-state index in [4.69, 9.17) is 39.8 Å². The second-order valence-electron chi connectivity index (χ2n) is 7.18. The van der Waals surface area contributed by atoms with Crippen molar-refractivity contribution in [2.75, 3.05) is 0 Å². The van der Waals surface area contributed by atoms with Gasteiger partial charge in [-0.25, -0.2) is 4.98 Å². The third-order valence-corrected chi connectivity index (χ3v) is 6.16. The first-order chi connectivity index (χ1) is 14.9. The van der Waals surface area contributed by atoms with Crippen molar-refractivity contribution in [3.8, 4) is 0 Å². The lowest BCUT2D eigenvalue weighted by molar-refractivity contribution is -0.124. The molecule has 4 rings (SSSR count). The van der Waals surface area contributed by atoms with Gasteiger partial charge in [0.25, 0.3) is 0 Å². The maximum atomic E-state index is 13.0. The summed E-state index contributed by atoms with van der Waals surface area (Å²) in [4.78, 5) is 21.8. The molecule has 2 aromatic heterocycles. The van der Waals surface area contributed by atoms with Gasteiger partial charge in [0.1, 0.15) is 11.9 Å². The van der Waals surface area contributed by atoms with Gasteiger partial charge in [0.15, 0.2) is 0 Å². The number of benzene rings is 2. The Morgan fingerprint density at radius 3 is 2.58 bits per heavy atom. The number of pyridine rings is 1. The monoisotopic (exact) mass is 472 g/mol. The van der Waals surface area contributed by atoms with Crippen LogP contribution >= 0.6 is 34.8 Å². The van der Waals surface area contributed by atoms with Crippen LogP contribution in [0.2, 0.25) is 15.1 Å². The third-order valence-electron chi connectivity index (χ3n) is 5.07. The maximum absolute atomic E-state index is 13.0. The van der Waals surface area contributed by atoms with Crippen molar-refractivity contribution >= 4 is 51.7 Å². The molecule has 1 unspecified atom stereocenters. The molecule has 0 saturated carbocycles. The molecular formula is C23H19Cl3N4O. The van der Waals surface area contributed by atoms with Crippen LogP contribution in [0.5, 0.6) is 0 Å². The van der Waals surface area contributed by atoms with Gasteiger partial charge < -0.3 is 9.88 Å². The van der Waals surface area contributed by atoms with Crippen molar-refractivity contribution < 1.29 is 4.79 Å². The minimum Gasteiger partial charge on any atom is -0.350 e. The van der Waals surface area contributed by atoms with E-state index in [1.54, 1.807) is 24.5 Å². The largest absolute Gasteiger partial charge is 0.350 e. The van der Waals surface area contributed by atoms with Crippen LogP contribution < -0.4 is 5.32 Å². The van der Waals surface area contributed by atoms with Gasteiger partial charge in [0.05, 0.1) is 21.1 Å². The fraction of sp³-hybridized carbons (Fsp3) is 0.174. The van der Waals surface area contributed by atoms with Crippen molar-refractivity contribution in [3.05, 3.63) is 92.9 Å². The van der Waals surface area contributed by atoms with Crippen LogP contribution in [0, 0.1) is 0 Å². The number of rotatable bonds is 6. The SMILES string of the molecule is CC(C(=O)NCc1cccnc1)n1c(Cc2ccccc2Cl)nc2cc(Cl)c(Cl)cc21. The zero-order valence-electron chi connectivity index (χ0n) is 16.6. The number of nitrogens with one attached hydrogen (secondary N) is 1. The van der Waals surface area contributed by atoms with Gasteiger partial charge >= 0.3 is 0 Å². The summed E-state index contributed by atoms with van der Waals surface area (Å²) in [6.07, 6.45) is 3.88. The molecule has 8 heteroatoms. The van der Waals surface area contributed by atoms with Gasteiger partial charge in [-0.15, -0.1) is 0 Å². The summed E-state index contributed by atoms with van der Waals surface area (Å²) in [5.41, 5.74) is 3.24. The normalized spacial score (nSPS) is 12.1. The van der Waals surface area contributed by atoms with Gasteiger partial charge in [-0.3, -0.25) is 9.78 Å². The van der Waals surface area contributed by atoms with E-state index in [-0.39, 0.29) is 5.91 Å². The zero-order valence-corrected chi connectivity index (χ0v) is 18.9. The molecule has 0 aliphatic heterocycles. The van der Waals surface area contributed by atoms with Gasteiger partial charge in [-0.05, 0) is 42.3 Å². The first-order valence-electron chi connectivity index (χ1n) is 9.70. The Bertz CT molecular complexity index is 1240. The lowest BCUT2D eigenvalue weighted by Gasteiger charge is -2.18. The standard InChI is InChI=1S/C23H19Cl3N4O/c1-14(23(31)28-13-15-5-4-8-27-12-15)30-21-11-19(26)18(25)10-20(21)29-22(30)9-16-6-2-3-7-17(16)24/h2-8,10-12,14H,9,13H2,1H3,(H,28,31). The molecule has 0 saturated heterocycles. The van der Waals surface area contributed by atoms with E-state index in [2.05, 4.69) is 10.3 Å². The molecular weight excluding hydrogens is 455 g/mol. The fourth-order valence-corrected chi connectivity index (χ4v) is 3.98. The van der Waals surface area contributed by atoms with E-state index in [1.807, 2.05) is 47.9 Å². The number of halogens is 3. The van der Waals surface area contributed by atoms with Crippen LogP contribution in [0.4, 0.5) is 0 Å². The first-order valence-corrected chi connectivity index (χ1v) is 10.8. The number of hydrogen-bond acceptors (Lipinski definition) is 3. The minimum atomic E-state index is -0.531. The van der Waals surface area contributed by atoms with E-state index < -0.39 is 6.04 Å². The van der Waals surface area contributed by atoms with E-state index in [0.717, 1.165) is 16.6 Å². The molecule has 5 nitrogen and oxygen atoms in total. The molecule has 0 radical (unpaired) electrons.